The molecule has 0 spiro atoms. The number of halogens is 3. The number of hydrogen-bond donors (Lipinski definition) is 0. The lowest BCUT2D eigenvalue weighted by atomic mass is 10.2. The molecule has 1 aromatic heterocycles. The van der Waals surface area contributed by atoms with Gasteiger partial charge in [-0.15, -0.1) is 11.3 Å². The second-order valence-corrected chi connectivity index (χ2v) is 6.31. The lowest BCUT2D eigenvalue weighted by molar-refractivity contribution is 0.307. The third kappa shape index (κ3) is 3.71. The van der Waals surface area contributed by atoms with Gasteiger partial charge in [0.2, 0.25) is 0 Å². The number of alkyl halides is 1. The average molecular weight is 397 g/mol. The Labute approximate surface area is 126 Å². The normalized spacial score (nSPS) is 10.5. The van der Waals surface area contributed by atoms with Crippen LogP contribution in [0, 0.1) is 0 Å². The maximum Gasteiger partial charge on any atom is 0.123 e. The molecule has 0 fully saturated rings. The van der Waals surface area contributed by atoms with Crippen LogP contribution in [0.4, 0.5) is 0 Å². The Morgan fingerprint density at radius 3 is 2.76 bits per heavy atom. The van der Waals surface area contributed by atoms with Crippen LogP contribution in [0.2, 0.25) is 5.02 Å². The summed E-state index contributed by atoms with van der Waals surface area (Å²) < 4.78 is 6.88. The van der Waals surface area contributed by atoms with Crippen LogP contribution in [-0.4, -0.2) is 0 Å². The Kier molecular flexibility index (Phi) is 4.91. The van der Waals surface area contributed by atoms with E-state index in [4.69, 9.17) is 16.3 Å². The molecule has 0 N–H and O–H groups in total. The van der Waals surface area contributed by atoms with E-state index >= 15 is 0 Å². The highest BCUT2D eigenvalue weighted by atomic mass is 79.9. The van der Waals surface area contributed by atoms with Gasteiger partial charge in [-0.1, -0.05) is 27.5 Å². The first kappa shape index (κ1) is 13.4. The summed E-state index contributed by atoms with van der Waals surface area (Å²) in [5, 5.41) is 3.51. The van der Waals surface area contributed by atoms with Gasteiger partial charge in [-0.3, -0.25) is 0 Å². The third-order valence-corrected chi connectivity index (χ3v) is 4.67. The molecule has 0 aliphatic heterocycles. The van der Waals surface area contributed by atoms with Gasteiger partial charge in [-0.2, -0.15) is 0 Å². The monoisotopic (exact) mass is 394 g/mol. The molecule has 1 heterocycles. The molecular weight excluding hydrogens is 387 g/mol. The van der Waals surface area contributed by atoms with Crippen LogP contribution < -0.4 is 4.74 Å². The second-order valence-electron chi connectivity index (χ2n) is 3.41. The van der Waals surface area contributed by atoms with Crippen molar-refractivity contribution in [2.24, 2.45) is 0 Å². The van der Waals surface area contributed by atoms with Crippen LogP contribution in [0.3, 0.4) is 0 Å². The Morgan fingerprint density at radius 2 is 2.12 bits per heavy atom. The molecule has 1 nitrogen and oxygen atoms in total. The van der Waals surface area contributed by atoms with Crippen LogP contribution in [0.5, 0.6) is 5.75 Å². The minimum Gasteiger partial charge on any atom is -0.488 e. The Balaban J connectivity index is 2.08. The fourth-order valence-corrected chi connectivity index (χ4v) is 3.37. The molecule has 0 saturated carbocycles. The van der Waals surface area contributed by atoms with E-state index in [0.717, 1.165) is 26.1 Å². The standard InChI is InChI=1S/C12H9Br2ClOS/c13-5-8-3-10(15)1-2-12(8)16-6-11-4-9(14)7-17-11/h1-4,7H,5-6H2. The number of benzene rings is 1. The molecule has 0 unspecified atom stereocenters. The zero-order valence-electron chi connectivity index (χ0n) is 8.75. The molecule has 1 aromatic carbocycles. The van der Waals surface area contributed by atoms with E-state index in [9.17, 15) is 0 Å². The summed E-state index contributed by atoms with van der Waals surface area (Å²) in [6, 6.07) is 7.72. The fraction of sp³-hybridized carbons (Fsp3) is 0.167. The summed E-state index contributed by atoms with van der Waals surface area (Å²) in [6.45, 7) is 0.581. The van der Waals surface area contributed by atoms with Crippen molar-refractivity contribution in [3.8, 4) is 5.75 Å². The first-order valence-corrected chi connectivity index (χ1v) is 8.06. The van der Waals surface area contributed by atoms with Crippen molar-refractivity contribution >= 4 is 54.8 Å². The van der Waals surface area contributed by atoms with Gasteiger partial charge >= 0.3 is 0 Å². The largest absolute Gasteiger partial charge is 0.488 e. The zero-order chi connectivity index (χ0) is 12.3. The molecule has 0 amide bonds. The van der Waals surface area contributed by atoms with Crippen LogP contribution >= 0.6 is 54.8 Å². The summed E-state index contributed by atoms with van der Waals surface area (Å²) in [6.07, 6.45) is 0. The van der Waals surface area contributed by atoms with Crippen molar-refractivity contribution in [2.75, 3.05) is 0 Å². The lowest BCUT2D eigenvalue weighted by Gasteiger charge is -2.09. The van der Waals surface area contributed by atoms with Gasteiger partial charge in [0.1, 0.15) is 12.4 Å². The maximum absolute atomic E-state index is 5.94. The van der Waals surface area contributed by atoms with Crippen molar-refractivity contribution in [3.63, 3.8) is 0 Å². The molecule has 0 aliphatic carbocycles. The van der Waals surface area contributed by atoms with Gasteiger partial charge in [0.25, 0.3) is 0 Å². The summed E-state index contributed by atoms with van der Waals surface area (Å²) in [5.74, 6) is 0.871. The first-order chi connectivity index (χ1) is 8.19. The predicted molar refractivity (Wildman–Crippen MR) is 80.4 cm³/mol. The highest BCUT2D eigenvalue weighted by Gasteiger charge is 2.05. The summed E-state index contributed by atoms with van der Waals surface area (Å²) in [5.41, 5.74) is 1.06. The summed E-state index contributed by atoms with van der Waals surface area (Å²) in [7, 11) is 0. The van der Waals surface area contributed by atoms with E-state index in [1.165, 1.54) is 4.88 Å². The van der Waals surface area contributed by atoms with E-state index in [2.05, 4.69) is 37.9 Å². The lowest BCUT2D eigenvalue weighted by Crippen LogP contribution is -1.95. The SMILES string of the molecule is Clc1ccc(OCc2cc(Br)cs2)c(CBr)c1. The van der Waals surface area contributed by atoms with E-state index in [-0.39, 0.29) is 0 Å². The van der Waals surface area contributed by atoms with E-state index in [1.54, 1.807) is 11.3 Å². The highest BCUT2D eigenvalue weighted by molar-refractivity contribution is 9.10. The second kappa shape index (κ2) is 6.23. The van der Waals surface area contributed by atoms with Gasteiger partial charge in [0.05, 0.1) is 0 Å². The van der Waals surface area contributed by atoms with Crippen molar-refractivity contribution in [1.29, 1.82) is 0 Å². The number of ether oxygens (including phenoxy) is 1. The topological polar surface area (TPSA) is 9.23 Å². The van der Waals surface area contributed by atoms with Gasteiger partial charge in [0, 0.05) is 30.6 Å². The van der Waals surface area contributed by atoms with Gasteiger partial charge in [-0.25, -0.2) is 0 Å². The third-order valence-electron chi connectivity index (χ3n) is 2.16. The molecule has 2 rings (SSSR count). The van der Waals surface area contributed by atoms with Gasteiger partial charge < -0.3 is 4.74 Å². The quantitative estimate of drug-likeness (QED) is 0.608. The van der Waals surface area contributed by atoms with Crippen molar-refractivity contribution < 1.29 is 4.74 Å². The summed E-state index contributed by atoms with van der Waals surface area (Å²) >= 11 is 14.5. The summed E-state index contributed by atoms with van der Waals surface area (Å²) in [4.78, 5) is 1.19. The number of hydrogen-bond acceptors (Lipinski definition) is 2. The average Bonchev–Trinajstić information content (AvgIpc) is 2.73. The molecule has 0 saturated heterocycles. The Hall–Kier alpha value is -0.0300. The Bertz CT molecular complexity index is 513. The van der Waals surface area contributed by atoms with Crippen molar-refractivity contribution in [1.82, 2.24) is 0 Å². The van der Waals surface area contributed by atoms with Crippen molar-refractivity contribution in [3.05, 3.63) is 49.6 Å². The molecular formula is C12H9Br2ClOS. The van der Waals surface area contributed by atoms with Crippen LogP contribution in [0.1, 0.15) is 10.4 Å². The molecule has 2 aromatic rings. The molecule has 17 heavy (non-hydrogen) atoms. The minimum atomic E-state index is 0.581. The molecule has 5 heteroatoms. The van der Waals surface area contributed by atoms with Crippen molar-refractivity contribution in [2.45, 2.75) is 11.9 Å². The van der Waals surface area contributed by atoms with E-state index in [0.29, 0.717) is 6.61 Å². The zero-order valence-corrected chi connectivity index (χ0v) is 13.5. The van der Waals surface area contributed by atoms with E-state index in [1.807, 2.05) is 23.6 Å². The fourth-order valence-electron chi connectivity index (χ4n) is 1.37. The molecule has 90 valence electrons. The van der Waals surface area contributed by atoms with Crippen LogP contribution in [0.15, 0.2) is 34.1 Å². The van der Waals surface area contributed by atoms with Gasteiger partial charge in [-0.05, 0) is 40.2 Å². The first-order valence-electron chi connectivity index (χ1n) is 4.89. The highest BCUT2D eigenvalue weighted by Crippen LogP contribution is 2.27. The smallest absolute Gasteiger partial charge is 0.123 e. The number of rotatable bonds is 4. The Morgan fingerprint density at radius 1 is 1.29 bits per heavy atom. The maximum atomic E-state index is 5.94. The van der Waals surface area contributed by atoms with Gasteiger partial charge in [0.15, 0.2) is 0 Å². The van der Waals surface area contributed by atoms with Crippen LogP contribution in [0.25, 0.3) is 0 Å². The predicted octanol–water partition coefficient (Wildman–Crippen LogP) is 5.64. The number of thiophene rings is 1. The molecule has 0 bridgehead atoms. The molecule has 0 atom stereocenters. The van der Waals surface area contributed by atoms with Crippen LogP contribution in [-0.2, 0) is 11.9 Å². The molecule has 0 radical (unpaired) electrons. The van der Waals surface area contributed by atoms with E-state index < -0.39 is 0 Å². The molecule has 0 aliphatic rings. The minimum absolute atomic E-state index is 0.581.